The van der Waals surface area contributed by atoms with Crippen molar-refractivity contribution < 1.29 is 28.6 Å². The molecule has 0 saturated carbocycles. The molecule has 3 aromatic rings. The van der Waals surface area contributed by atoms with Gasteiger partial charge in [0.15, 0.2) is 0 Å². The van der Waals surface area contributed by atoms with E-state index >= 15 is 0 Å². The molecule has 208 valence electrons. The molecule has 1 atom stereocenters. The van der Waals surface area contributed by atoms with Crippen molar-refractivity contribution in [1.29, 1.82) is 0 Å². The summed E-state index contributed by atoms with van der Waals surface area (Å²) in [5.74, 6) is -1.39. The van der Waals surface area contributed by atoms with Crippen LogP contribution in [0.1, 0.15) is 66.6 Å². The first-order valence-corrected chi connectivity index (χ1v) is 13.0. The third-order valence-electron chi connectivity index (χ3n) is 6.39. The van der Waals surface area contributed by atoms with Gasteiger partial charge in [0.2, 0.25) is 0 Å². The molecule has 2 N–H and O–H groups in total. The van der Waals surface area contributed by atoms with Crippen molar-refractivity contribution in [2.75, 3.05) is 6.54 Å². The lowest BCUT2D eigenvalue weighted by molar-refractivity contribution is -0.142. The van der Waals surface area contributed by atoms with Crippen molar-refractivity contribution in [3.05, 3.63) is 124 Å². The van der Waals surface area contributed by atoms with Gasteiger partial charge in [-0.3, -0.25) is 0 Å². The van der Waals surface area contributed by atoms with Crippen LogP contribution in [0.25, 0.3) is 0 Å². The van der Waals surface area contributed by atoms with Crippen LogP contribution in [0.4, 0.5) is 0 Å². The predicted octanol–water partition coefficient (Wildman–Crippen LogP) is 6.17. The number of carbonyl (C=O) groups is 3. The number of hydrogen-bond acceptors (Lipinski definition) is 7. The van der Waals surface area contributed by atoms with E-state index < -0.39 is 24.0 Å². The zero-order valence-corrected chi connectivity index (χ0v) is 23.4. The number of benzene rings is 3. The first-order valence-electron chi connectivity index (χ1n) is 13.0. The summed E-state index contributed by atoms with van der Waals surface area (Å²) in [6.45, 7) is 11.1. The maximum atomic E-state index is 13.0. The van der Waals surface area contributed by atoms with Crippen molar-refractivity contribution in [1.82, 2.24) is 0 Å². The van der Waals surface area contributed by atoms with Gasteiger partial charge in [0.05, 0.1) is 11.1 Å². The van der Waals surface area contributed by atoms with Crippen LogP contribution in [0.3, 0.4) is 0 Å². The average Bonchev–Trinajstić information content (AvgIpc) is 2.92. The van der Waals surface area contributed by atoms with Crippen LogP contribution in [0, 0.1) is 27.7 Å². The molecule has 0 aliphatic carbocycles. The van der Waals surface area contributed by atoms with Crippen LogP contribution in [0.5, 0.6) is 5.75 Å². The summed E-state index contributed by atoms with van der Waals surface area (Å²) in [5.41, 5.74) is 11.6. The van der Waals surface area contributed by atoms with Gasteiger partial charge >= 0.3 is 17.9 Å². The highest BCUT2D eigenvalue weighted by atomic mass is 16.6. The van der Waals surface area contributed by atoms with Gasteiger partial charge in [-0.05, 0) is 86.7 Å². The minimum absolute atomic E-state index is 0.0185. The van der Waals surface area contributed by atoms with Crippen LogP contribution in [0.2, 0.25) is 0 Å². The summed E-state index contributed by atoms with van der Waals surface area (Å²) < 4.78 is 16.9. The molecule has 40 heavy (non-hydrogen) atoms. The highest BCUT2D eigenvalue weighted by Gasteiger charge is 2.20. The fourth-order valence-electron chi connectivity index (χ4n) is 4.00. The van der Waals surface area contributed by atoms with E-state index in [1.54, 1.807) is 48.6 Å². The van der Waals surface area contributed by atoms with Crippen LogP contribution >= 0.6 is 0 Å². The normalized spacial score (nSPS) is 11.6. The van der Waals surface area contributed by atoms with Crippen LogP contribution in [-0.4, -0.2) is 24.5 Å². The number of aryl methyl sites for hydroxylation is 4. The second kappa shape index (κ2) is 14.1. The van der Waals surface area contributed by atoms with E-state index in [-0.39, 0.29) is 18.9 Å². The van der Waals surface area contributed by atoms with E-state index in [1.165, 1.54) is 6.08 Å². The molecule has 7 heteroatoms. The molecular weight excluding hydrogens is 506 g/mol. The number of allylic oxidation sites excluding steroid dienone is 2. The van der Waals surface area contributed by atoms with Crippen molar-refractivity contribution in [2.45, 2.75) is 46.8 Å². The number of rotatable bonds is 11. The smallest absolute Gasteiger partial charge is 0.343 e. The van der Waals surface area contributed by atoms with Gasteiger partial charge in [0.1, 0.15) is 18.5 Å². The number of nitrogens with two attached hydrogens (primary N) is 1. The molecule has 0 amide bonds. The lowest BCUT2D eigenvalue weighted by Gasteiger charge is -2.18. The number of hydrogen-bond donors (Lipinski definition) is 1. The van der Waals surface area contributed by atoms with Gasteiger partial charge in [-0.25, -0.2) is 14.4 Å². The van der Waals surface area contributed by atoms with Gasteiger partial charge < -0.3 is 19.9 Å². The van der Waals surface area contributed by atoms with E-state index in [0.717, 1.165) is 22.3 Å². The fourth-order valence-corrected chi connectivity index (χ4v) is 4.00. The standard InChI is InChI=1S/C33H35NO6/c1-6-7-8-9-31(35)39-30(19-34)25-13-15-29(40-32(36)26-12-11-22(3)23(4)17-26)27(18-25)20-38-33(37)28-14-10-21(2)16-24(28)5/h6,8-18,30H,1,7,19-20,34H2,2-5H3. The molecule has 0 heterocycles. The molecule has 0 bridgehead atoms. The first-order chi connectivity index (χ1) is 19.1. The molecule has 7 nitrogen and oxygen atoms in total. The summed E-state index contributed by atoms with van der Waals surface area (Å²) >= 11 is 0. The zero-order valence-electron chi connectivity index (χ0n) is 23.4. The Hall–Kier alpha value is -4.49. The molecule has 0 spiro atoms. The molecule has 0 aliphatic rings. The molecular formula is C33H35NO6. The van der Waals surface area contributed by atoms with Gasteiger partial charge in [-0.2, -0.15) is 0 Å². The Kier molecular flexibility index (Phi) is 10.6. The Balaban J connectivity index is 1.89. The monoisotopic (exact) mass is 541 g/mol. The van der Waals surface area contributed by atoms with Crippen molar-refractivity contribution in [2.24, 2.45) is 5.73 Å². The van der Waals surface area contributed by atoms with Crippen molar-refractivity contribution >= 4 is 17.9 Å². The molecule has 3 rings (SSSR count). The number of ether oxygens (including phenoxy) is 3. The van der Waals surface area contributed by atoms with E-state index in [4.69, 9.17) is 19.9 Å². The van der Waals surface area contributed by atoms with Gasteiger partial charge in [0, 0.05) is 18.2 Å². The third-order valence-corrected chi connectivity index (χ3v) is 6.39. The number of esters is 3. The Morgan fingerprint density at radius 3 is 2.35 bits per heavy atom. The minimum atomic E-state index is -0.765. The SMILES string of the molecule is C=CCC=CC(=O)OC(CN)c1ccc(OC(=O)c2ccc(C)c(C)c2)c(COC(=O)c2ccc(C)cc2C)c1. The second-order valence-corrected chi connectivity index (χ2v) is 9.54. The topological polar surface area (TPSA) is 105 Å². The summed E-state index contributed by atoms with van der Waals surface area (Å²) in [6.07, 6.45) is 4.37. The van der Waals surface area contributed by atoms with Gasteiger partial charge in [-0.15, -0.1) is 6.58 Å². The first kappa shape index (κ1) is 30.1. The Bertz CT molecular complexity index is 1440. The minimum Gasteiger partial charge on any atom is -0.457 e. The van der Waals surface area contributed by atoms with Gasteiger partial charge in [0.25, 0.3) is 0 Å². The van der Waals surface area contributed by atoms with E-state index in [1.807, 2.05) is 45.9 Å². The second-order valence-electron chi connectivity index (χ2n) is 9.54. The molecule has 0 aliphatic heterocycles. The molecule has 0 saturated heterocycles. The van der Waals surface area contributed by atoms with Crippen LogP contribution in [0.15, 0.2) is 79.4 Å². The average molecular weight is 542 g/mol. The summed E-state index contributed by atoms with van der Waals surface area (Å²) in [4.78, 5) is 38.1. The third kappa shape index (κ3) is 8.01. The Morgan fingerprint density at radius 1 is 0.900 bits per heavy atom. The van der Waals surface area contributed by atoms with Crippen molar-refractivity contribution in [3.8, 4) is 5.75 Å². The van der Waals surface area contributed by atoms with E-state index in [2.05, 4.69) is 6.58 Å². The quantitative estimate of drug-likeness (QED) is 0.134. The maximum absolute atomic E-state index is 13.0. The van der Waals surface area contributed by atoms with Crippen molar-refractivity contribution in [3.63, 3.8) is 0 Å². The number of carbonyl (C=O) groups excluding carboxylic acids is 3. The maximum Gasteiger partial charge on any atom is 0.343 e. The van der Waals surface area contributed by atoms with E-state index in [0.29, 0.717) is 28.7 Å². The summed E-state index contributed by atoms with van der Waals surface area (Å²) in [7, 11) is 0. The fraction of sp³-hybridized carbons (Fsp3) is 0.242. The molecule has 0 radical (unpaired) electrons. The van der Waals surface area contributed by atoms with E-state index in [9.17, 15) is 14.4 Å². The summed E-state index contributed by atoms with van der Waals surface area (Å²) in [5, 5.41) is 0. The van der Waals surface area contributed by atoms with Crippen LogP contribution in [-0.2, 0) is 20.9 Å². The Morgan fingerprint density at radius 2 is 1.68 bits per heavy atom. The summed E-state index contributed by atoms with van der Waals surface area (Å²) in [6, 6.07) is 15.7. The van der Waals surface area contributed by atoms with Gasteiger partial charge in [-0.1, -0.05) is 42.0 Å². The lowest BCUT2D eigenvalue weighted by atomic mass is 10.0. The largest absolute Gasteiger partial charge is 0.457 e. The highest BCUT2D eigenvalue weighted by Crippen LogP contribution is 2.28. The van der Waals surface area contributed by atoms with Crippen LogP contribution < -0.4 is 10.5 Å². The Labute approximate surface area is 235 Å². The molecule has 1 unspecified atom stereocenters. The zero-order chi connectivity index (χ0) is 29.2. The molecule has 0 fully saturated rings. The predicted molar refractivity (Wildman–Crippen MR) is 154 cm³/mol. The highest BCUT2D eigenvalue weighted by molar-refractivity contribution is 5.92. The lowest BCUT2D eigenvalue weighted by Crippen LogP contribution is -2.19. The molecule has 0 aromatic heterocycles. The molecule has 3 aromatic carbocycles.